The highest BCUT2D eigenvalue weighted by molar-refractivity contribution is 5.77. The fourth-order valence-corrected chi connectivity index (χ4v) is 1.49. The zero-order chi connectivity index (χ0) is 12.8. The molecule has 0 aliphatic rings. The summed E-state index contributed by atoms with van der Waals surface area (Å²) in [5.74, 6) is -1.84. The van der Waals surface area contributed by atoms with E-state index >= 15 is 0 Å². The molecule has 1 atom stereocenters. The van der Waals surface area contributed by atoms with Gasteiger partial charge in [-0.15, -0.1) is 0 Å². The molecule has 5 heteroatoms. The van der Waals surface area contributed by atoms with Gasteiger partial charge in [0, 0.05) is 5.56 Å². The number of ether oxygens (including phenoxy) is 1. The van der Waals surface area contributed by atoms with Crippen molar-refractivity contribution in [1.29, 1.82) is 0 Å². The zero-order valence-corrected chi connectivity index (χ0v) is 9.80. The van der Waals surface area contributed by atoms with Crippen molar-refractivity contribution >= 4 is 5.97 Å². The van der Waals surface area contributed by atoms with E-state index in [1.54, 1.807) is 13.8 Å². The molecule has 0 spiro atoms. The molecular formula is C12H15F2NO2. The predicted molar refractivity (Wildman–Crippen MR) is 59.4 cm³/mol. The van der Waals surface area contributed by atoms with Gasteiger partial charge in [0.05, 0.1) is 6.61 Å². The fourth-order valence-electron chi connectivity index (χ4n) is 1.49. The average molecular weight is 243 g/mol. The van der Waals surface area contributed by atoms with Crippen molar-refractivity contribution in [2.75, 3.05) is 13.2 Å². The Hall–Kier alpha value is -1.49. The van der Waals surface area contributed by atoms with Gasteiger partial charge in [-0.1, -0.05) is 6.92 Å². The largest absolute Gasteiger partial charge is 0.465 e. The first-order chi connectivity index (χ1) is 8.10. The number of carbonyl (C=O) groups excluding carboxylic acids is 1. The summed E-state index contributed by atoms with van der Waals surface area (Å²) in [7, 11) is 0. The van der Waals surface area contributed by atoms with E-state index in [1.165, 1.54) is 0 Å². The van der Waals surface area contributed by atoms with Crippen molar-refractivity contribution < 1.29 is 18.3 Å². The van der Waals surface area contributed by atoms with Gasteiger partial charge in [0.2, 0.25) is 0 Å². The maximum atomic E-state index is 13.5. The highest BCUT2D eigenvalue weighted by Crippen LogP contribution is 2.19. The second-order valence-electron chi connectivity index (χ2n) is 3.41. The first-order valence-corrected chi connectivity index (χ1v) is 5.45. The van der Waals surface area contributed by atoms with Crippen LogP contribution in [0.1, 0.15) is 25.5 Å². The number of rotatable bonds is 5. The summed E-state index contributed by atoms with van der Waals surface area (Å²) >= 11 is 0. The molecule has 0 radical (unpaired) electrons. The Morgan fingerprint density at radius 3 is 2.71 bits per heavy atom. The standard InChI is InChI=1S/C12H15F2NO2/c1-3-15-11(12(16)17-4-2)9-7-8(13)5-6-10(9)14/h5-7,11,15H,3-4H2,1-2H3. The minimum absolute atomic E-state index is 0.0368. The van der Waals surface area contributed by atoms with Crippen LogP contribution in [-0.4, -0.2) is 19.1 Å². The third-order valence-electron chi connectivity index (χ3n) is 2.20. The highest BCUT2D eigenvalue weighted by Gasteiger charge is 2.24. The van der Waals surface area contributed by atoms with Gasteiger partial charge in [-0.25, -0.2) is 13.6 Å². The van der Waals surface area contributed by atoms with Crippen LogP contribution in [0.2, 0.25) is 0 Å². The molecular weight excluding hydrogens is 228 g/mol. The highest BCUT2D eigenvalue weighted by atomic mass is 19.1. The lowest BCUT2D eigenvalue weighted by Gasteiger charge is -2.17. The molecule has 3 nitrogen and oxygen atoms in total. The molecule has 0 fully saturated rings. The summed E-state index contributed by atoms with van der Waals surface area (Å²) in [6.07, 6.45) is 0. The summed E-state index contributed by atoms with van der Waals surface area (Å²) in [4.78, 5) is 11.6. The van der Waals surface area contributed by atoms with Crippen LogP contribution in [0.5, 0.6) is 0 Å². The smallest absolute Gasteiger partial charge is 0.327 e. The quantitative estimate of drug-likeness (QED) is 0.805. The van der Waals surface area contributed by atoms with E-state index in [2.05, 4.69) is 5.32 Å². The van der Waals surface area contributed by atoms with Gasteiger partial charge in [0.1, 0.15) is 17.7 Å². The van der Waals surface area contributed by atoms with Crippen LogP contribution < -0.4 is 5.32 Å². The molecule has 0 aromatic heterocycles. The Morgan fingerprint density at radius 1 is 1.41 bits per heavy atom. The number of halogens is 2. The Kier molecular flexibility index (Phi) is 5.03. The van der Waals surface area contributed by atoms with E-state index in [4.69, 9.17) is 4.74 Å². The molecule has 0 bridgehead atoms. The SMILES string of the molecule is CCNC(C(=O)OCC)c1cc(F)ccc1F. The van der Waals surface area contributed by atoms with Crippen LogP contribution in [0.4, 0.5) is 8.78 Å². The number of likely N-dealkylation sites (N-methyl/N-ethyl adjacent to an activating group) is 1. The van der Waals surface area contributed by atoms with E-state index in [-0.39, 0.29) is 12.2 Å². The molecule has 0 saturated carbocycles. The van der Waals surface area contributed by atoms with Crippen LogP contribution >= 0.6 is 0 Å². The molecule has 1 unspecified atom stereocenters. The molecule has 1 aromatic carbocycles. The van der Waals surface area contributed by atoms with Crippen molar-refractivity contribution in [3.63, 3.8) is 0 Å². The molecule has 0 aliphatic carbocycles. The minimum atomic E-state index is -0.976. The number of hydrogen-bond donors (Lipinski definition) is 1. The summed E-state index contributed by atoms with van der Waals surface area (Å²) < 4.78 is 31.4. The van der Waals surface area contributed by atoms with Crippen LogP contribution in [-0.2, 0) is 9.53 Å². The van der Waals surface area contributed by atoms with Crippen LogP contribution in [0.25, 0.3) is 0 Å². The van der Waals surface area contributed by atoms with Crippen molar-refractivity contribution in [1.82, 2.24) is 5.32 Å². The van der Waals surface area contributed by atoms with Crippen molar-refractivity contribution in [2.24, 2.45) is 0 Å². The first kappa shape index (κ1) is 13.6. The lowest BCUT2D eigenvalue weighted by Crippen LogP contribution is -2.31. The summed E-state index contributed by atoms with van der Waals surface area (Å²) in [5, 5.41) is 2.77. The number of benzene rings is 1. The summed E-state index contributed by atoms with van der Waals surface area (Å²) in [6.45, 7) is 4.06. The summed E-state index contributed by atoms with van der Waals surface area (Å²) in [6, 6.07) is 2.02. The molecule has 1 aromatic rings. The first-order valence-electron chi connectivity index (χ1n) is 5.45. The molecule has 0 amide bonds. The van der Waals surface area contributed by atoms with Gasteiger partial charge < -0.3 is 10.1 Å². The Labute approximate surface area is 98.8 Å². The topological polar surface area (TPSA) is 38.3 Å². The summed E-state index contributed by atoms with van der Waals surface area (Å²) in [5.41, 5.74) is -0.0368. The lowest BCUT2D eigenvalue weighted by molar-refractivity contribution is -0.145. The van der Waals surface area contributed by atoms with Gasteiger partial charge in [0.25, 0.3) is 0 Å². The lowest BCUT2D eigenvalue weighted by atomic mass is 10.1. The number of esters is 1. The number of nitrogens with one attached hydrogen (secondary N) is 1. The molecule has 1 rings (SSSR count). The maximum absolute atomic E-state index is 13.5. The molecule has 0 saturated heterocycles. The average Bonchev–Trinajstić information content (AvgIpc) is 2.30. The van der Waals surface area contributed by atoms with Crippen molar-refractivity contribution in [2.45, 2.75) is 19.9 Å². The van der Waals surface area contributed by atoms with Crippen molar-refractivity contribution in [3.05, 3.63) is 35.4 Å². The Balaban J connectivity index is 3.04. The minimum Gasteiger partial charge on any atom is -0.465 e. The van der Waals surface area contributed by atoms with Gasteiger partial charge in [-0.2, -0.15) is 0 Å². The van der Waals surface area contributed by atoms with E-state index in [9.17, 15) is 13.6 Å². The van der Waals surface area contributed by atoms with E-state index in [1.807, 2.05) is 0 Å². The van der Waals surface area contributed by atoms with E-state index in [0.29, 0.717) is 6.54 Å². The van der Waals surface area contributed by atoms with Crippen LogP contribution in [0.15, 0.2) is 18.2 Å². The van der Waals surface area contributed by atoms with Crippen LogP contribution in [0.3, 0.4) is 0 Å². The zero-order valence-electron chi connectivity index (χ0n) is 9.80. The van der Waals surface area contributed by atoms with Gasteiger partial charge in [0.15, 0.2) is 0 Å². The number of carbonyl (C=O) groups is 1. The van der Waals surface area contributed by atoms with E-state index in [0.717, 1.165) is 18.2 Å². The molecule has 1 N–H and O–H groups in total. The molecule has 0 aliphatic heterocycles. The fraction of sp³-hybridized carbons (Fsp3) is 0.417. The Morgan fingerprint density at radius 2 is 2.12 bits per heavy atom. The van der Waals surface area contributed by atoms with Gasteiger partial charge >= 0.3 is 5.97 Å². The molecule has 0 heterocycles. The van der Waals surface area contributed by atoms with Crippen LogP contribution in [0, 0.1) is 11.6 Å². The monoisotopic (exact) mass is 243 g/mol. The second kappa shape index (κ2) is 6.30. The second-order valence-corrected chi connectivity index (χ2v) is 3.41. The number of hydrogen-bond acceptors (Lipinski definition) is 3. The molecule has 17 heavy (non-hydrogen) atoms. The maximum Gasteiger partial charge on any atom is 0.327 e. The van der Waals surface area contributed by atoms with Crippen molar-refractivity contribution in [3.8, 4) is 0 Å². The third-order valence-corrected chi connectivity index (χ3v) is 2.20. The normalized spacial score (nSPS) is 12.2. The third kappa shape index (κ3) is 3.49. The molecule has 94 valence electrons. The Bertz CT molecular complexity index is 396. The predicted octanol–water partition coefficient (Wildman–Crippen LogP) is 2.18. The van der Waals surface area contributed by atoms with E-state index < -0.39 is 23.6 Å². The van der Waals surface area contributed by atoms with Gasteiger partial charge in [-0.3, -0.25) is 0 Å². The van der Waals surface area contributed by atoms with Gasteiger partial charge in [-0.05, 0) is 31.7 Å².